The van der Waals surface area contributed by atoms with Gasteiger partial charge in [0.1, 0.15) is 29.1 Å². The van der Waals surface area contributed by atoms with E-state index in [-0.39, 0.29) is 24.0 Å². The molecule has 13 heteroatoms. The molecular formula is C28H26F7N3O3. The Morgan fingerprint density at radius 1 is 1.02 bits per heavy atom. The third-order valence-corrected chi connectivity index (χ3v) is 8.23. The first-order valence-corrected chi connectivity index (χ1v) is 13.1. The molecule has 5 rings (SSSR count). The molecule has 6 nitrogen and oxygen atoms in total. The van der Waals surface area contributed by atoms with E-state index >= 15 is 0 Å². The summed E-state index contributed by atoms with van der Waals surface area (Å²) in [6.07, 6.45) is -6.16. The van der Waals surface area contributed by atoms with Gasteiger partial charge in [-0.15, -0.1) is 0 Å². The van der Waals surface area contributed by atoms with E-state index in [1.54, 1.807) is 6.92 Å². The Morgan fingerprint density at radius 2 is 1.68 bits per heavy atom. The van der Waals surface area contributed by atoms with E-state index in [4.69, 9.17) is 0 Å². The van der Waals surface area contributed by atoms with Crippen LogP contribution in [0.25, 0.3) is 0 Å². The van der Waals surface area contributed by atoms with Crippen LogP contribution in [0.2, 0.25) is 0 Å². The zero-order valence-electron chi connectivity index (χ0n) is 21.8. The molecule has 2 fully saturated rings. The number of nitrogens with one attached hydrogen (secondary N) is 2. The number of carbonyl (C=O) groups is 3. The molecule has 0 bridgehead atoms. The van der Waals surface area contributed by atoms with Crippen LogP contribution >= 0.6 is 0 Å². The monoisotopic (exact) mass is 585 g/mol. The average molecular weight is 586 g/mol. The van der Waals surface area contributed by atoms with Gasteiger partial charge in [-0.05, 0) is 57.1 Å². The molecule has 2 atom stereocenters. The topological polar surface area (TPSA) is 78.5 Å². The van der Waals surface area contributed by atoms with Crippen LogP contribution < -0.4 is 15.5 Å². The lowest BCUT2D eigenvalue weighted by atomic mass is 10.0. The SMILES string of the molecule is CC1(N2C(=O)[C@H](NC(=O)[C@@H](Cc3ccccc3F)NC(=O)C3(C(F)(F)F)CC3)CCc3c(F)c(F)cc(F)c32)CC1. The predicted molar refractivity (Wildman–Crippen MR) is 131 cm³/mol. The zero-order valence-corrected chi connectivity index (χ0v) is 21.8. The van der Waals surface area contributed by atoms with Crippen LogP contribution in [0, 0.1) is 28.7 Å². The fraction of sp³-hybridized carbons (Fsp3) is 0.464. The first kappa shape index (κ1) is 28.9. The highest BCUT2D eigenvalue weighted by Gasteiger charge is 2.68. The van der Waals surface area contributed by atoms with Crippen molar-refractivity contribution in [1.29, 1.82) is 0 Å². The minimum atomic E-state index is -4.87. The Hall–Kier alpha value is -3.64. The van der Waals surface area contributed by atoms with Gasteiger partial charge in [0.2, 0.25) is 17.7 Å². The quantitative estimate of drug-likeness (QED) is 0.368. The van der Waals surface area contributed by atoms with Gasteiger partial charge >= 0.3 is 6.18 Å². The second-order valence-electron chi connectivity index (χ2n) is 11.2. The summed E-state index contributed by atoms with van der Waals surface area (Å²) in [5.41, 5.74) is -4.48. The van der Waals surface area contributed by atoms with Gasteiger partial charge in [-0.1, -0.05) is 18.2 Å². The highest BCUT2D eigenvalue weighted by molar-refractivity contribution is 6.03. The van der Waals surface area contributed by atoms with Crippen LogP contribution in [-0.4, -0.2) is 41.5 Å². The van der Waals surface area contributed by atoms with Gasteiger partial charge in [-0.3, -0.25) is 14.4 Å². The van der Waals surface area contributed by atoms with E-state index in [9.17, 15) is 45.1 Å². The number of fused-ring (bicyclic) bond motifs is 1. The molecule has 2 saturated carbocycles. The smallest absolute Gasteiger partial charge is 0.343 e. The van der Waals surface area contributed by atoms with E-state index in [2.05, 4.69) is 10.6 Å². The van der Waals surface area contributed by atoms with E-state index in [1.807, 2.05) is 0 Å². The fourth-order valence-corrected chi connectivity index (χ4v) is 5.28. The van der Waals surface area contributed by atoms with Gasteiger partial charge in [0, 0.05) is 23.6 Å². The minimum absolute atomic E-state index is 0.0730. The molecule has 2 aromatic rings. The van der Waals surface area contributed by atoms with E-state index < -0.39 is 95.2 Å². The van der Waals surface area contributed by atoms with Crippen molar-refractivity contribution >= 4 is 23.4 Å². The molecule has 0 unspecified atom stereocenters. The number of anilines is 1. The van der Waals surface area contributed by atoms with E-state index in [0.29, 0.717) is 18.9 Å². The molecule has 3 aliphatic rings. The summed E-state index contributed by atoms with van der Waals surface area (Å²) in [6.45, 7) is 1.62. The highest BCUT2D eigenvalue weighted by atomic mass is 19.4. The summed E-state index contributed by atoms with van der Waals surface area (Å²) in [6, 6.07) is 2.38. The van der Waals surface area contributed by atoms with Gasteiger partial charge in [0.25, 0.3) is 0 Å². The van der Waals surface area contributed by atoms with Crippen LogP contribution in [0.4, 0.5) is 36.4 Å². The Bertz CT molecular complexity index is 1420. The normalized spacial score (nSPS) is 21.4. The molecule has 1 heterocycles. The van der Waals surface area contributed by atoms with Crippen LogP contribution in [-0.2, 0) is 27.2 Å². The maximum atomic E-state index is 15.0. The van der Waals surface area contributed by atoms with Crippen molar-refractivity contribution in [2.75, 3.05) is 4.90 Å². The lowest BCUT2D eigenvalue weighted by molar-refractivity contribution is -0.192. The number of nitrogens with zero attached hydrogens (tertiary/aromatic N) is 1. The molecule has 1 aliphatic heterocycles. The average Bonchev–Trinajstić information content (AvgIpc) is 3.82. The summed E-state index contributed by atoms with van der Waals surface area (Å²) < 4.78 is 99.0. The van der Waals surface area contributed by atoms with Crippen LogP contribution in [0.3, 0.4) is 0 Å². The fourth-order valence-electron chi connectivity index (χ4n) is 5.28. The molecule has 0 saturated heterocycles. The minimum Gasteiger partial charge on any atom is -0.343 e. The molecule has 2 aliphatic carbocycles. The summed E-state index contributed by atoms with van der Waals surface area (Å²) in [4.78, 5) is 40.8. The largest absolute Gasteiger partial charge is 0.403 e. The standard InChI is InChI=1S/C28H26F7N3O3/c1-26(8-9-26)38-22-15(21(32)17(30)13-18(22)31)6-7-19(24(38)40)36-23(39)20(12-14-4-2-3-5-16(14)29)37-25(41)27(10-11-27)28(33,34)35/h2-5,13,19-20H,6-12H2,1H3,(H,36,39)(H,37,41)/t19-,20-/m1/s1. The Labute approximate surface area is 230 Å². The number of carbonyl (C=O) groups excluding carboxylic acids is 3. The number of hydrogen-bond acceptors (Lipinski definition) is 3. The Kier molecular flexibility index (Phi) is 7.06. The van der Waals surface area contributed by atoms with Gasteiger partial charge < -0.3 is 15.5 Å². The lowest BCUT2D eigenvalue weighted by Crippen LogP contribution is -2.57. The molecular weight excluding hydrogens is 559 g/mol. The summed E-state index contributed by atoms with van der Waals surface area (Å²) >= 11 is 0. The summed E-state index contributed by atoms with van der Waals surface area (Å²) in [5.74, 6) is -8.06. The molecule has 2 N–H and O–H groups in total. The molecule has 3 amide bonds. The lowest BCUT2D eigenvalue weighted by Gasteiger charge is -2.33. The van der Waals surface area contributed by atoms with Crippen molar-refractivity contribution in [3.05, 3.63) is 64.7 Å². The van der Waals surface area contributed by atoms with Gasteiger partial charge in [-0.25, -0.2) is 17.6 Å². The Balaban J connectivity index is 1.44. The van der Waals surface area contributed by atoms with Crippen molar-refractivity contribution in [3.8, 4) is 0 Å². The number of hydrogen-bond donors (Lipinski definition) is 2. The number of halogens is 7. The van der Waals surface area contributed by atoms with Crippen molar-refractivity contribution in [2.45, 2.75) is 75.7 Å². The van der Waals surface area contributed by atoms with Crippen molar-refractivity contribution in [1.82, 2.24) is 10.6 Å². The van der Waals surface area contributed by atoms with E-state index in [0.717, 1.165) is 11.0 Å². The molecule has 0 aromatic heterocycles. The first-order valence-electron chi connectivity index (χ1n) is 13.1. The van der Waals surface area contributed by atoms with Gasteiger partial charge in [0.15, 0.2) is 11.6 Å². The molecule has 0 spiro atoms. The summed E-state index contributed by atoms with van der Waals surface area (Å²) in [7, 11) is 0. The van der Waals surface area contributed by atoms with Crippen LogP contribution in [0.1, 0.15) is 50.2 Å². The maximum absolute atomic E-state index is 15.0. The van der Waals surface area contributed by atoms with Crippen molar-refractivity contribution in [2.24, 2.45) is 5.41 Å². The van der Waals surface area contributed by atoms with Crippen molar-refractivity contribution < 1.29 is 45.1 Å². The second kappa shape index (κ2) is 10.0. The number of alkyl halides is 3. The summed E-state index contributed by atoms with van der Waals surface area (Å²) in [5, 5.41) is 4.48. The molecule has 2 aromatic carbocycles. The second-order valence-corrected chi connectivity index (χ2v) is 11.2. The number of benzene rings is 2. The molecule has 220 valence electrons. The molecule has 0 radical (unpaired) electrons. The van der Waals surface area contributed by atoms with Gasteiger partial charge in [0.05, 0.1) is 5.69 Å². The number of rotatable bonds is 7. The third-order valence-electron chi connectivity index (χ3n) is 8.23. The van der Waals surface area contributed by atoms with E-state index in [1.165, 1.54) is 18.2 Å². The third kappa shape index (κ3) is 5.14. The highest BCUT2D eigenvalue weighted by Crippen LogP contribution is 2.57. The van der Waals surface area contributed by atoms with Crippen molar-refractivity contribution in [3.63, 3.8) is 0 Å². The predicted octanol–water partition coefficient (Wildman–Crippen LogP) is 4.63. The number of amides is 3. The Morgan fingerprint density at radius 3 is 2.27 bits per heavy atom. The van der Waals surface area contributed by atoms with Crippen LogP contribution in [0.5, 0.6) is 0 Å². The first-order chi connectivity index (χ1) is 19.2. The van der Waals surface area contributed by atoms with Crippen LogP contribution in [0.15, 0.2) is 30.3 Å². The molecule has 41 heavy (non-hydrogen) atoms. The van der Waals surface area contributed by atoms with Gasteiger partial charge in [-0.2, -0.15) is 13.2 Å². The maximum Gasteiger partial charge on any atom is 0.403 e. The zero-order chi connectivity index (χ0) is 29.9.